The molecule has 25 N–H and O–H groups in total. The third kappa shape index (κ3) is 37.1. The molecule has 0 bridgehead atoms. The molecule has 6 saturated heterocycles. The van der Waals surface area contributed by atoms with E-state index in [1.54, 1.807) is 6.08 Å². The number of hydrogen-bond acceptors (Lipinski definition) is 37. The van der Waals surface area contributed by atoms with Gasteiger partial charge in [0.1, 0.15) is 134 Å². The van der Waals surface area contributed by atoms with Gasteiger partial charge in [0.2, 0.25) is 23.6 Å². The van der Waals surface area contributed by atoms with Crippen LogP contribution in [0.2, 0.25) is 0 Å². The molecule has 6 aliphatic heterocycles. The van der Waals surface area contributed by atoms with E-state index in [1.165, 1.54) is 128 Å². The Balaban J connectivity index is 1.28. The summed E-state index contributed by atoms with van der Waals surface area (Å²) in [5.74, 6) is -14.5. The van der Waals surface area contributed by atoms with E-state index in [1.807, 2.05) is 0 Å². The van der Waals surface area contributed by atoms with E-state index >= 15 is 0 Å². The maximum absolute atomic E-state index is 14.2. The average Bonchev–Trinajstić information content (AvgIpc) is 0.726. The van der Waals surface area contributed by atoms with Crippen molar-refractivity contribution >= 4 is 35.6 Å². The Bertz CT molecular complexity index is 3400. The fourth-order valence-electron chi connectivity index (χ4n) is 17.9. The van der Waals surface area contributed by atoms with Gasteiger partial charge in [-0.1, -0.05) is 205 Å². The highest BCUT2D eigenvalue weighted by Crippen LogP contribution is 2.43. The number of carbonyl (C=O) groups excluding carboxylic acids is 4. The molecule has 0 radical (unpaired) electrons. The molecule has 43 heteroatoms. The van der Waals surface area contributed by atoms with E-state index in [2.05, 4.69) is 47.3 Å². The van der Waals surface area contributed by atoms with Crippen LogP contribution >= 0.6 is 0 Å². The average molecular weight is 1950 g/mol. The molecule has 135 heavy (non-hydrogen) atoms. The third-order valence-corrected chi connectivity index (χ3v) is 25.7. The molecule has 0 aromatic rings. The molecule has 6 aliphatic rings. The van der Waals surface area contributed by atoms with Crippen molar-refractivity contribution in [2.45, 2.75) is 473 Å². The van der Waals surface area contributed by atoms with Crippen LogP contribution in [0.5, 0.6) is 0 Å². The summed E-state index contributed by atoms with van der Waals surface area (Å²) in [6, 6.07) is -7.05. The first-order valence-electron chi connectivity index (χ1n) is 48.9. The number of nitrogens with one attached hydrogen (secondary N) is 4. The van der Waals surface area contributed by atoms with Crippen LogP contribution in [0, 0.1) is 0 Å². The van der Waals surface area contributed by atoms with Crippen LogP contribution in [0.25, 0.3) is 0 Å². The monoisotopic (exact) mass is 1950 g/mol. The lowest BCUT2D eigenvalue weighted by atomic mass is 9.88. The molecule has 0 saturated carbocycles. The molecule has 4 amide bonds. The zero-order valence-corrected chi connectivity index (χ0v) is 78.9. The number of ether oxygens (including phenoxy) is 12. The zero-order chi connectivity index (χ0) is 99.5. The smallest absolute Gasteiger partial charge is 0.364 e. The molecular formula is C92H162N4O39. The van der Waals surface area contributed by atoms with Crippen LogP contribution < -0.4 is 21.3 Å². The number of carboxylic acids is 2. The largest absolute Gasteiger partial charge is 0.477 e. The molecule has 0 aromatic heterocycles. The molecule has 6 fully saturated rings. The molecule has 43 nitrogen and oxygen atoms in total. The number of hydrogen-bond donors (Lipinski definition) is 25. The second-order valence-electron chi connectivity index (χ2n) is 36.7. The van der Waals surface area contributed by atoms with Crippen molar-refractivity contribution in [1.82, 2.24) is 21.3 Å². The first kappa shape index (κ1) is 119. The number of carboxylic acid groups (broad SMARTS) is 2. The number of aliphatic hydroxyl groups excluding tert-OH is 19. The molecule has 6 rings (SSSR count). The summed E-state index contributed by atoms with van der Waals surface area (Å²) in [6.07, 6.45) is -20.3. The maximum atomic E-state index is 14.2. The van der Waals surface area contributed by atoms with Gasteiger partial charge in [-0.25, -0.2) is 9.59 Å². The van der Waals surface area contributed by atoms with Crippen molar-refractivity contribution in [2.75, 3.05) is 46.2 Å². The summed E-state index contributed by atoms with van der Waals surface area (Å²) < 4.78 is 72.9. The molecule has 6 heterocycles. The van der Waals surface area contributed by atoms with Gasteiger partial charge in [-0.2, -0.15) is 0 Å². The number of aliphatic carboxylic acids is 2. The minimum atomic E-state index is -3.55. The Morgan fingerprint density at radius 2 is 0.785 bits per heavy atom. The van der Waals surface area contributed by atoms with Crippen LogP contribution in [0.1, 0.15) is 266 Å². The summed E-state index contributed by atoms with van der Waals surface area (Å²) in [4.78, 5) is 80.3. The number of aliphatic hydroxyl groups is 19. The molecular weight excluding hydrogens is 1790 g/mol. The SMILES string of the molecule is CCCCCCCC/C=C\CCCCCCCCCCCCCCCC(=O)N[C@@H](CO[C@@H]1OC(CO)[C@@H](O[C@@H]2OC(CO)[C@H](O[C@@H]3OC(CO[C@]4(C(=O)O)CC(O)[C@@H](NC(C)=O)C([C@H](O)[C@H](O)CO)O4)[C@H](O)[C@H](O[C@@H]4OC(CO)[C@H](O)[C@H](O)C4O)C3NC(C)=O)[C@H](O[C@]3(C(=O)O)CC(O)[C@@H](NC(C)=O)C([C@H](O)[C@H](O)CO)O3)C2O)[C@H](O)C1O)[C@H](O)/C=C/CCCCCCCCCCCCC. The van der Waals surface area contributed by atoms with Crippen LogP contribution in [-0.4, -0.2) is 396 Å². The van der Waals surface area contributed by atoms with E-state index in [0.29, 0.717) is 12.8 Å². The number of amides is 4. The second-order valence-corrected chi connectivity index (χ2v) is 36.7. The van der Waals surface area contributed by atoms with Crippen molar-refractivity contribution in [2.24, 2.45) is 0 Å². The van der Waals surface area contributed by atoms with Crippen LogP contribution in [0.4, 0.5) is 0 Å². The third-order valence-electron chi connectivity index (χ3n) is 25.7. The quantitative estimate of drug-likeness (QED) is 0.0257. The van der Waals surface area contributed by atoms with E-state index in [4.69, 9.17) is 56.8 Å². The van der Waals surface area contributed by atoms with Crippen molar-refractivity contribution in [3.8, 4) is 0 Å². The van der Waals surface area contributed by atoms with Gasteiger partial charge in [0.25, 0.3) is 11.6 Å². The summed E-state index contributed by atoms with van der Waals surface area (Å²) in [5.41, 5.74) is 0. The molecule has 34 atom stereocenters. The van der Waals surface area contributed by atoms with Crippen molar-refractivity contribution in [3.63, 3.8) is 0 Å². The lowest BCUT2D eigenvalue weighted by molar-refractivity contribution is -0.404. The molecule has 0 spiro atoms. The number of carbonyl (C=O) groups is 6. The van der Waals surface area contributed by atoms with E-state index in [-0.39, 0.29) is 6.42 Å². The van der Waals surface area contributed by atoms with E-state index < -0.39 is 302 Å². The predicted octanol–water partition coefficient (Wildman–Crippen LogP) is -0.972. The highest BCUT2D eigenvalue weighted by Gasteiger charge is 2.64. The van der Waals surface area contributed by atoms with Crippen molar-refractivity contribution in [1.29, 1.82) is 0 Å². The van der Waals surface area contributed by atoms with Gasteiger partial charge in [-0.05, 0) is 44.9 Å². The zero-order valence-electron chi connectivity index (χ0n) is 78.9. The van der Waals surface area contributed by atoms with Gasteiger partial charge >= 0.3 is 11.9 Å². The lowest BCUT2D eigenvalue weighted by Crippen LogP contribution is -2.72. The first-order chi connectivity index (χ1) is 64.5. The molecule has 0 aliphatic carbocycles. The van der Waals surface area contributed by atoms with Crippen LogP contribution in [0.15, 0.2) is 24.3 Å². The summed E-state index contributed by atoms with van der Waals surface area (Å²) in [7, 11) is 0. The first-order valence-corrected chi connectivity index (χ1v) is 48.9. The minimum absolute atomic E-state index is 0.0829. The van der Waals surface area contributed by atoms with E-state index in [9.17, 15) is 136 Å². The van der Waals surface area contributed by atoms with Crippen LogP contribution in [-0.2, 0) is 85.6 Å². The topological polar surface area (TPSA) is 686 Å². The highest BCUT2D eigenvalue weighted by atomic mass is 16.8. The van der Waals surface area contributed by atoms with Gasteiger partial charge in [0.05, 0.1) is 82.7 Å². The van der Waals surface area contributed by atoms with Gasteiger partial charge in [-0.3, -0.25) is 19.2 Å². The Kier molecular flexibility index (Phi) is 55.0. The Morgan fingerprint density at radius 1 is 0.400 bits per heavy atom. The minimum Gasteiger partial charge on any atom is -0.477 e. The fourth-order valence-corrected chi connectivity index (χ4v) is 17.9. The highest BCUT2D eigenvalue weighted by molar-refractivity contribution is 5.78. The second kappa shape index (κ2) is 62.5. The summed E-state index contributed by atoms with van der Waals surface area (Å²) in [6.45, 7) is -0.927. The van der Waals surface area contributed by atoms with Gasteiger partial charge < -0.3 is 185 Å². The van der Waals surface area contributed by atoms with Crippen molar-refractivity contribution in [3.05, 3.63) is 24.3 Å². The Hall–Kier alpha value is -4.94. The molecule has 12 unspecified atom stereocenters. The number of allylic oxidation sites excluding steroid dienone is 3. The normalized spacial score (nSPS) is 33.8. The summed E-state index contributed by atoms with van der Waals surface area (Å²) >= 11 is 0. The van der Waals surface area contributed by atoms with Gasteiger partial charge in [0.15, 0.2) is 25.2 Å². The molecule has 784 valence electrons. The Labute approximate surface area is 790 Å². The van der Waals surface area contributed by atoms with E-state index in [0.717, 1.165) is 97.8 Å². The number of unbranched alkanes of at least 4 members (excludes halogenated alkanes) is 30. The fraction of sp³-hybridized carbons (Fsp3) is 0.891. The number of rotatable bonds is 66. The van der Waals surface area contributed by atoms with Crippen LogP contribution in [0.3, 0.4) is 0 Å². The Morgan fingerprint density at radius 3 is 1.24 bits per heavy atom. The van der Waals surface area contributed by atoms with Gasteiger partial charge in [0, 0.05) is 40.0 Å². The lowest BCUT2D eigenvalue weighted by Gasteiger charge is -2.53. The summed E-state index contributed by atoms with van der Waals surface area (Å²) in [5, 5.41) is 247. The standard InChI is InChI=1S/C92H162N4O39/c1-6-8-10-12-14-16-18-20-21-22-23-24-25-26-27-28-29-31-33-35-37-39-41-43-66(110)96-56(57(105)42-40-38-36-34-32-30-19-17-15-13-11-9-7-2)51-124-86-77(118)75(116)79(63(49-100)127-86)130-88-78(119)84(135-92(90(122)123)45-59(107)68(94-54(4)103)83(134-92)71(112)61(109)47-98)80(64(50-101)128-88)131-85-69(95-55(5)104)81(132-87-76(117)74(115)72(113)62(48-99)126-87)73(114)65(129-85)52-125-91(89(120)121)44-58(106)67(93-53(3)102)82(133-91)70(111)60(108)46-97/h20-21,40,42,56-65,67-88,97-101,105-109,111-119H,6-19,22-39,41,43-52H2,1-5H3,(H,93,102)(H,94,103)(H,95,104)(H,96,110)(H,120,121)(H,122,123)/b21-20-,42-40+/t56-,57+,58?,59?,60+,61+,62?,63?,64?,65?,67+,68+,69?,70+,71+,72-,73-,74-,75+,76?,77?,78?,79+,80-,81+,82?,83?,84+,85-,86+,87-,88-,91+,92-/m0/s1. The van der Waals surface area contributed by atoms with Gasteiger partial charge in [-0.15, -0.1) is 0 Å². The predicted molar refractivity (Wildman–Crippen MR) is 477 cm³/mol. The van der Waals surface area contributed by atoms with Crippen molar-refractivity contribution < 1.29 is 193 Å². The molecule has 0 aromatic carbocycles. The maximum Gasteiger partial charge on any atom is 0.364 e.